The molecule has 7 nitrogen and oxygen atoms in total. The largest absolute Gasteiger partial charge is 0.356 e. The summed E-state index contributed by atoms with van der Waals surface area (Å²) in [4.78, 5) is 26.0. The number of carbonyl (C=O) groups excluding carboxylic acids is 1. The molecular weight excluding hydrogens is 340 g/mol. The van der Waals surface area contributed by atoms with Crippen LogP contribution in [-0.2, 0) is 5.41 Å². The number of likely N-dealkylation sites (tertiary alicyclic amines) is 1. The van der Waals surface area contributed by atoms with Crippen molar-refractivity contribution in [3.8, 4) is 0 Å². The molecule has 2 fully saturated rings. The summed E-state index contributed by atoms with van der Waals surface area (Å²) in [5, 5.41) is 7.28. The first kappa shape index (κ1) is 17.9. The standard InChI is InChI=1S/C20H28N6O/c1-12-13(2)21-11-22-18(12)25-7-14-9-26(10-15(14)8-25)19(27)16-6-17(24-23-16)20(3,4)5/h6,11,14-15H,7-10H2,1-5H3,(H,23,24). The van der Waals surface area contributed by atoms with Gasteiger partial charge in [-0.3, -0.25) is 9.89 Å². The molecule has 2 saturated heterocycles. The van der Waals surface area contributed by atoms with Crippen LogP contribution in [0.1, 0.15) is 48.2 Å². The fourth-order valence-corrected chi connectivity index (χ4v) is 4.15. The van der Waals surface area contributed by atoms with E-state index >= 15 is 0 Å². The average Bonchev–Trinajstić information content (AvgIpc) is 3.29. The maximum Gasteiger partial charge on any atom is 0.274 e. The van der Waals surface area contributed by atoms with Crippen LogP contribution in [0.3, 0.4) is 0 Å². The SMILES string of the molecule is Cc1ncnc(N2CC3CN(C(=O)c4cc(C(C)(C)C)[nH]n4)CC3C2)c1C. The maximum atomic E-state index is 12.9. The van der Waals surface area contributed by atoms with E-state index < -0.39 is 0 Å². The van der Waals surface area contributed by atoms with E-state index in [2.05, 4.69) is 52.8 Å². The number of rotatable bonds is 2. The lowest BCUT2D eigenvalue weighted by Crippen LogP contribution is -2.34. The van der Waals surface area contributed by atoms with Crippen molar-refractivity contribution in [2.75, 3.05) is 31.1 Å². The molecule has 2 aliphatic heterocycles. The van der Waals surface area contributed by atoms with Gasteiger partial charge in [0, 0.05) is 60.4 Å². The Morgan fingerprint density at radius 2 is 1.78 bits per heavy atom. The van der Waals surface area contributed by atoms with Crippen molar-refractivity contribution in [3.05, 3.63) is 35.0 Å². The molecule has 144 valence electrons. The molecule has 0 saturated carbocycles. The van der Waals surface area contributed by atoms with E-state index in [9.17, 15) is 4.79 Å². The van der Waals surface area contributed by atoms with Gasteiger partial charge in [-0.15, -0.1) is 0 Å². The molecule has 1 amide bonds. The van der Waals surface area contributed by atoms with Crippen molar-refractivity contribution in [2.45, 2.75) is 40.0 Å². The molecule has 2 aromatic heterocycles. The lowest BCUT2D eigenvalue weighted by atomic mass is 9.92. The van der Waals surface area contributed by atoms with Crippen molar-refractivity contribution in [2.24, 2.45) is 11.8 Å². The first-order valence-corrected chi connectivity index (χ1v) is 9.62. The van der Waals surface area contributed by atoms with Gasteiger partial charge in [0.1, 0.15) is 17.8 Å². The molecular formula is C20H28N6O. The molecule has 0 radical (unpaired) electrons. The number of carbonyl (C=O) groups is 1. The smallest absolute Gasteiger partial charge is 0.274 e. The van der Waals surface area contributed by atoms with E-state index in [1.54, 1.807) is 6.33 Å². The third-order valence-corrected chi connectivity index (χ3v) is 5.99. The first-order chi connectivity index (χ1) is 12.7. The molecule has 1 N–H and O–H groups in total. The van der Waals surface area contributed by atoms with Gasteiger partial charge in [-0.05, 0) is 19.9 Å². The third-order valence-electron chi connectivity index (χ3n) is 5.99. The Balaban J connectivity index is 1.43. The van der Waals surface area contributed by atoms with Crippen LogP contribution in [0.2, 0.25) is 0 Å². The highest BCUT2D eigenvalue weighted by Crippen LogP contribution is 2.35. The Bertz CT molecular complexity index is 854. The predicted molar refractivity (Wildman–Crippen MR) is 104 cm³/mol. The zero-order valence-corrected chi connectivity index (χ0v) is 16.8. The molecule has 0 spiro atoms. The van der Waals surface area contributed by atoms with E-state index in [0.29, 0.717) is 17.5 Å². The summed E-state index contributed by atoms with van der Waals surface area (Å²) in [6.07, 6.45) is 1.64. The number of hydrogen-bond donors (Lipinski definition) is 1. The number of H-pyrrole nitrogens is 1. The average molecular weight is 368 g/mol. The fourth-order valence-electron chi connectivity index (χ4n) is 4.15. The fraction of sp³-hybridized carbons (Fsp3) is 0.600. The minimum Gasteiger partial charge on any atom is -0.356 e. The molecule has 0 bridgehead atoms. The molecule has 2 atom stereocenters. The Hall–Kier alpha value is -2.44. The van der Waals surface area contributed by atoms with Crippen LogP contribution >= 0.6 is 0 Å². The molecule has 4 heterocycles. The van der Waals surface area contributed by atoms with Crippen LogP contribution in [0.25, 0.3) is 0 Å². The van der Waals surface area contributed by atoms with E-state index in [1.807, 2.05) is 17.9 Å². The van der Waals surface area contributed by atoms with Gasteiger partial charge in [-0.25, -0.2) is 9.97 Å². The molecule has 2 unspecified atom stereocenters. The second-order valence-electron chi connectivity index (χ2n) is 8.96. The molecule has 2 aromatic rings. The number of aromatic nitrogens is 4. The summed E-state index contributed by atoms with van der Waals surface area (Å²) in [6, 6.07) is 1.90. The van der Waals surface area contributed by atoms with Gasteiger partial charge in [0.2, 0.25) is 0 Å². The second-order valence-corrected chi connectivity index (χ2v) is 8.96. The van der Waals surface area contributed by atoms with E-state index in [0.717, 1.165) is 48.9 Å². The Morgan fingerprint density at radius 1 is 1.11 bits per heavy atom. The van der Waals surface area contributed by atoms with Crippen LogP contribution in [0.4, 0.5) is 5.82 Å². The van der Waals surface area contributed by atoms with Crippen LogP contribution in [0.15, 0.2) is 12.4 Å². The second kappa shape index (κ2) is 6.32. The minimum absolute atomic E-state index is 0.0387. The highest BCUT2D eigenvalue weighted by atomic mass is 16.2. The summed E-state index contributed by atoms with van der Waals surface area (Å²) in [5.41, 5.74) is 3.66. The van der Waals surface area contributed by atoms with Crippen LogP contribution in [-0.4, -0.2) is 57.2 Å². The number of anilines is 1. The molecule has 0 aliphatic carbocycles. The predicted octanol–water partition coefficient (Wildman–Crippen LogP) is 2.32. The number of aryl methyl sites for hydroxylation is 1. The van der Waals surface area contributed by atoms with Gasteiger partial charge in [0.15, 0.2) is 0 Å². The zero-order valence-electron chi connectivity index (χ0n) is 16.8. The van der Waals surface area contributed by atoms with Gasteiger partial charge in [0.25, 0.3) is 5.91 Å². The van der Waals surface area contributed by atoms with Crippen LogP contribution in [0, 0.1) is 25.7 Å². The number of amides is 1. The van der Waals surface area contributed by atoms with Crippen LogP contribution in [0.5, 0.6) is 0 Å². The van der Waals surface area contributed by atoms with Crippen molar-refractivity contribution in [1.29, 1.82) is 0 Å². The van der Waals surface area contributed by atoms with Crippen molar-refractivity contribution >= 4 is 11.7 Å². The quantitative estimate of drug-likeness (QED) is 0.880. The van der Waals surface area contributed by atoms with Gasteiger partial charge in [-0.1, -0.05) is 20.8 Å². The van der Waals surface area contributed by atoms with Gasteiger partial charge >= 0.3 is 0 Å². The van der Waals surface area contributed by atoms with Crippen molar-refractivity contribution in [3.63, 3.8) is 0 Å². The minimum atomic E-state index is -0.0406. The summed E-state index contributed by atoms with van der Waals surface area (Å²) in [6.45, 7) is 13.9. The Kier molecular flexibility index (Phi) is 4.20. The Morgan fingerprint density at radius 3 is 2.37 bits per heavy atom. The Labute approximate surface area is 160 Å². The maximum absolute atomic E-state index is 12.9. The third kappa shape index (κ3) is 3.19. The summed E-state index contributed by atoms with van der Waals surface area (Å²) < 4.78 is 0. The van der Waals surface area contributed by atoms with Crippen molar-refractivity contribution < 1.29 is 4.79 Å². The van der Waals surface area contributed by atoms with Crippen LogP contribution < -0.4 is 4.90 Å². The first-order valence-electron chi connectivity index (χ1n) is 9.62. The number of aromatic amines is 1. The van der Waals surface area contributed by atoms with E-state index in [-0.39, 0.29) is 11.3 Å². The zero-order chi connectivity index (χ0) is 19.3. The molecule has 4 rings (SSSR count). The summed E-state index contributed by atoms with van der Waals surface area (Å²) >= 11 is 0. The number of fused-ring (bicyclic) bond motifs is 1. The number of nitrogens with one attached hydrogen (secondary N) is 1. The molecule has 27 heavy (non-hydrogen) atoms. The monoisotopic (exact) mass is 368 g/mol. The summed E-state index contributed by atoms with van der Waals surface area (Å²) in [7, 11) is 0. The normalized spacial score (nSPS) is 22.4. The van der Waals surface area contributed by atoms with Crippen molar-refractivity contribution in [1.82, 2.24) is 25.1 Å². The number of hydrogen-bond acceptors (Lipinski definition) is 5. The molecule has 0 aromatic carbocycles. The van der Waals surface area contributed by atoms with Gasteiger partial charge in [-0.2, -0.15) is 5.10 Å². The lowest BCUT2D eigenvalue weighted by Gasteiger charge is -2.23. The lowest BCUT2D eigenvalue weighted by molar-refractivity contribution is 0.0776. The van der Waals surface area contributed by atoms with E-state index in [1.165, 1.54) is 0 Å². The highest BCUT2D eigenvalue weighted by Gasteiger charge is 2.43. The van der Waals surface area contributed by atoms with E-state index in [4.69, 9.17) is 0 Å². The number of nitrogens with zero attached hydrogens (tertiary/aromatic N) is 5. The topological polar surface area (TPSA) is 78.0 Å². The summed E-state index contributed by atoms with van der Waals surface area (Å²) in [5.74, 6) is 2.06. The highest BCUT2D eigenvalue weighted by molar-refractivity contribution is 5.92. The van der Waals surface area contributed by atoms with Gasteiger partial charge < -0.3 is 9.80 Å². The molecule has 7 heteroatoms. The van der Waals surface area contributed by atoms with Gasteiger partial charge in [0.05, 0.1) is 0 Å². The molecule has 2 aliphatic rings.